The molecule has 2 N–H and O–H groups in total. The third kappa shape index (κ3) is 4.97. The summed E-state index contributed by atoms with van der Waals surface area (Å²) in [6, 6.07) is 4.32. The number of piperidine rings is 1. The first-order valence-corrected chi connectivity index (χ1v) is 9.94. The monoisotopic (exact) mass is 374 g/mol. The van der Waals surface area contributed by atoms with Crippen LogP contribution in [0.2, 0.25) is 0 Å². The van der Waals surface area contributed by atoms with Gasteiger partial charge in [-0.25, -0.2) is 4.98 Å². The van der Waals surface area contributed by atoms with E-state index in [4.69, 9.17) is 5.11 Å². The Morgan fingerprint density at radius 1 is 1.30 bits per heavy atom. The number of anilines is 1. The second-order valence-electron chi connectivity index (χ2n) is 7.83. The van der Waals surface area contributed by atoms with E-state index >= 15 is 0 Å². The third-order valence-electron chi connectivity index (χ3n) is 5.81. The first-order valence-electron chi connectivity index (χ1n) is 9.94. The fraction of sp³-hybridized carbons (Fsp3) is 0.650. The molecule has 1 amide bonds. The summed E-state index contributed by atoms with van der Waals surface area (Å²) in [6.45, 7) is 6.72. The molecular formula is C20H30N4O3. The number of likely N-dealkylation sites (N-methyl/N-ethyl adjacent to an activating group) is 1. The third-order valence-corrected chi connectivity index (χ3v) is 5.81. The predicted molar refractivity (Wildman–Crippen MR) is 104 cm³/mol. The van der Waals surface area contributed by atoms with E-state index in [2.05, 4.69) is 17.2 Å². The van der Waals surface area contributed by atoms with Crippen LogP contribution in [-0.2, 0) is 4.79 Å². The molecular weight excluding hydrogens is 344 g/mol. The number of amides is 1. The maximum Gasteiger partial charge on any atom is 0.317 e. The summed E-state index contributed by atoms with van der Waals surface area (Å²) in [5.41, 5.74) is 0.639. The highest BCUT2D eigenvalue weighted by atomic mass is 16.4. The molecule has 0 aromatic carbocycles. The minimum absolute atomic E-state index is 0.0666. The van der Waals surface area contributed by atoms with Crippen molar-refractivity contribution in [3.05, 3.63) is 23.9 Å². The van der Waals surface area contributed by atoms with Crippen molar-refractivity contribution in [3.8, 4) is 0 Å². The first-order chi connectivity index (χ1) is 13.0. The average Bonchev–Trinajstić information content (AvgIpc) is 2.63. The van der Waals surface area contributed by atoms with Crippen LogP contribution in [0.25, 0.3) is 0 Å². The van der Waals surface area contributed by atoms with Crippen LogP contribution in [-0.4, -0.2) is 70.0 Å². The van der Waals surface area contributed by atoms with Crippen molar-refractivity contribution in [2.45, 2.75) is 51.6 Å². The van der Waals surface area contributed by atoms with Gasteiger partial charge in [-0.3, -0.25) is 14.5 Å². The summed E-state index contributed by atoms with van der Waals surface area (Å²) in [4.78, 5) is 31.8. The molecule has 1 aromatic rings. The quantitative estimate of drug-likeness (QED) is 0.762. The van der Waals surface area contributed by atoms with E-state index in [1.54, 1.807) is 6.20 Å². The van der Waals surface area contributed by atoms with Gasteiger partial charge in [0.05, 0.1) is 12.1 Å². The zero-order valence-electron chi connectivity index (χ0n) is 16.2. The Morgan fingerprint density at radius 2 is 2.00 bits per heavy atom. The van der Waals surface area contributed by atoms with Crippen LogP contribution in [0.3, 0.4) is 0 Å². The second-order valence-corrected chi connectivity index (χ2v) is 7.83. The summed E-state index contributed by atoms with van der Waals surface area (Å²) in [5, 5.41) is 12.3. The van der Waals surface area contributed by atoms with Gasteiger partial charge in [-0.1, -0.05) is 13.8 Å². The molecule has 148 valence electrons. The number of carbonyl (C=O) groups excluding carboxylic acids is 1. The van der Waals surface area contributed by atoms with Crippen LogP contribution in [0.4, 0.5) is 5.82 Å². The molecule has 1 saturated heterocycles. The summed E-state index contributed by atoms with van der Waals surface area (Å²) in [6.07, 6.45) is 5.61. The van der Waals surface area contributed by atoms with Crippen molar-refractivity contribution in [2.24, 2.45) is 5.92 Å². The number of likely N-dealkylation sites (tertiary alicyclic amines) is 1. The number of nitrogens with zero attached hydrogens (tertiary/aromatic N) is 3. The van der Waals surface area contributed by atoms with Gasteiger partial charge in [0, 0.05) is 31.4 Å². The highest BCUT2D eigenvalue weighted by Crippen LogP contribution is 2.28. The molecule has 0 radical (unpaired) electrons. The van der Waals surface area contributed by atoms with E-state index in [0.29, 0.717) is 23.6 Å². The molecule has 27 heavy (non-hydrogen) atoms. The number of carbonyl (C=O) groups is 2. The number of aromatic nitrogens is 1. The number of nitrogens with one attached hydrogen (secondary N) is 1. The van der Waals surface area contributed by atoms with Crippen LogP contribution in [0.15, 0.2) is 18.3 Å². The van der Waals surface area contributed by atoms with Crippen LogP contribution >= 0.6 is 0 Å². The number of hydrogen-bond donors (Lipinski definition) is 2. The highest BCUT2D eigenvalue weighted by molar-refractivity contribution is 5.94. The van der Waals surface area contributed by atoms with Crippen molar-refractivity contribution in [1.29, 1.82) is 0 Å². The number of carboxylic acid groups (broad SMARTS) is 1. The number of hydrogen-bond acceptors (Lipinski definition) is 5. The molecule has 0 bridgehead atoms. The van der Waals surface area contributed by atoms with Crippen LogP contribution in [0, 0.1) is 5.92 Å². The van der Waals surface area contributed by atoms with Gasteiger partial charge in [-0.05, 0) is 50.3 Å². The standard InChI is InChI=1S/C20H30N4O3/c1-3-23(13-19(25)26)17-10-16(11-17)22-18-5-4-15(12-21-18)20(27)24-8-6-14(2)7-9-24/h4-5,12,14,16-17H,3,6-11,13H2,1-2H3,(H,21,22)(H,25,26). The van der Waals surface area contributed by atoms with Crippen molar-refractivity contribution in [1.82, 2.24) is 14.8 Å². The lowest BCUT2D eigenvalue weighted by molar-refractivity contribution is -0.139. The van der Waals surface area contributed by atoms with Gasteiger partial charge in [-0.15, -0.1) is 0 Å². The number of rotatable bonds is 7. The van der Waals surface area contributed by atoms with Gasteiger partial charge < -0.3 is 15.3 Å². The smallest absolute Gasteiger partial charge is 0.317 e. The van der Waals surface area contributed by atoms with Crippen molar-refractivity contribution >= 4 is 17.7 Å². The van der Waals surface area contributed by atoms with Gasteiger partial charge in [0.15, 0.2) is 0 Å². The Morgan fingerprint density at radius 3 is 2.56 bits per heavy atom. The van der Waals surface area contributed by atoms with Crippen LogP contribution in [0.1, 0.15) is 49.9 Å². The van der Waals surface area contributed by atoms with E-state index in [1.807, 2.05) is 28.9 Å². The van der Waals surface area contributed by atoms with Crippen LogP contribution in [0.5, 0.6) is 0 Å². The molecule has 3 rings (SSSR count). The van der Waals surface area contributed by atoms with Crippen molar-refractivity contribution in [2.75, 3.05) is 31.5 Å². The minimum Gasteiger partial charge on any atom is -0.480 e. The number of carboxylic acids is 1. The predicted octanol–water partition coefficient (Wildman–Crippen LogP) is 2.30. The Balaban J connectivity index is 1.47. The molecule has 0 unspecified atom stereocenters. The lowest BCUT2D eigenvalue weighted by Crippen LogP contribution is -2.51. The molecule has 1 saturated carbocycles. The fourth-order valence-corrected chi connectivity index (χ4v) is 3.89. The van der Waals surface area contributed by atoms with E-state index in [-0.39, 0.29) is 12.5 Å². The van der Waals surface area contributed by atoms with Crippen LogP contribution < -0.4 is 5.32 Å². The largest absolute Gasteiger partial charge is 0.480 e. The normalized spacial score (nSPS) is 23.1. The molecule has 7 heteroatoms. The summed E-state index contributed by atoms with van der Waals surface area (Å²) in [7, 11) is 0. The first kappa shape index (κ1) is 19.6. The average molecular weight is 374 g/mol. The Labute approximate surface area is 160 Å². The van der Waals surface area contributed by atoms with Crippen molar-refractivity contribution < 1.29 is 14.7 Å². The van der Waals surface area contributed by atoms with E-state index in [9.17, 15) is 9.59 Å². The Hall–Kier alpha value is -2.15. The zero-order chi connectivity index (χ0) is 19.4. The van der Waals surface area contributed by atoms with E-state index in [0.717, 1.165) is 51.1 Å². The van der Waals surface area contributed by atoms with E-state index < -0.39 is 5.97 Å². The molecule has 1 aliphatic carbocycles. The summed E-state index contributed by atoms with van der Waals surface area (Å²) in [5.74, 6) is 0.753. The Bertz CT molecular complexity index is 650. The maximum absolute atomic E-state index is 12.6. The van der Waals surface area contributed by atoms with Gasteiger partial charge >= 0.3 is 5.97 Å². The maximum atomic E-state index is 12.6. The van der Waals surface area contributed by atoms with Gasteiger partial charge in [-0.2, -0.15) is 0 Å². The second kappa shape index (κ2) is 8.69. The summed E-state index contributed by atoms with van der Waals surface area (Å²) < 4.78 is 0. The SMILES string of the molecule is CCN(CC(=O)O)C1CC(Nc2ccc(C(=O)N3CCC(C)CC3)cn2)C1. The van der Waals surface area contributed by atoms with Gasteiger partial charge in [0.25, 0.3) is 5.91 Å². The lowest BCUT2D eigenvalue weighted by atomic mass is 9.85. The van der Waals surface area contributed by atoms with Gasteiger partial charge in [0.1, 0.15) is 5.82 Å². The topological polar surface area (TPSA) is 85.8 Å². The number of aliphatic carboxylic acids is 1. The molecule has 1 aliphatic heterocycles. The number of pyridine rings is 1. The molecule has 2 heterocycles. The fourth-order valence-electron chi connectivity index (χ4n) is 3.89. The molecule has 0 spiro atoms. The Kier molecular flexibility index (Phi) is 6.31. The zero-order valence-corrected chi connectivity index (χ0v) is 16.2. The van der Waals surface area contributed by atoms with Gasteiger partial charge in [0.2, 0.25) is 0 Å². The van der Waals surface area contributed by atoms with Crippen molar-refractivity contribution in [3.63, 3.8) is 0 Å². The molecule has 2 fully saturated rings. The molecule has 0 atom stereocenters. The molecule has 7 nitrogen and oxygen atoms in total. The molecule has 2 aliphatic rings. The lowest BCUT2D eigenvalue weighted by Gasteiger charge is -2.42. The molecule has 1 aromatic heterocycles. The highest BCUT2D eigenvalue weighted by Gasteiger charge is 2.34. The summed E-state index contributed by atoms with van der Waals surface area (Å²) >= 11 is 0. The minimum atomic E-state index is -0.779. The van der Waals surface area contributed by atoms with E-state index in [1.165, 1.54) is 0 Å².